The standard InChI is InChI=1S/C16H12I2O2/c1-11(19)15(18-12-7-3-2-4-8-12)16(20)13-9-5-6-10-14(13)17/h2-10H,1H3. The number of carbonyl (C=O) groups excluding carboxylic acids is 2. The van der Waals surface area contributed by atoms with E-state index in [1.54, 1.807) is 6.07 Å². The van der Waals surface area contributed by atoms with Gasteiger partial charge in [-0.2, -0.15) is 0 Å². The summed E-state index contributed by atoms with van der Waals surface area (Å²) in [6.07, 6.45) is 0. The van der Waals surface area contributed by atoms with Gasteiger partial charge in [-0.3, -0.25) is 9.59 Å². The van der Waals surface area contributed by atoms with Gasteiger partial charge in [0.15, 0.2) is 5.78 Å². The molecule has 0 saturated carbocycles. The number of halogens is 2. The molecule has 0 amide bonds. The maximum absolute atomic E-state index is 12.6. The zero-order valence-corrected chi connectivity index (χ0v) is 15.1. The lowest BCUT2D eigenvalue weighted by atomic mass is 10.1. The van der Waals surface area contributed by atoms with E-state index in [1.165, 1.54) is 6.92 Å². The van der Waals surface area contributed by atoms with E-state index in [-0.39, 0.29) is 11.6 Å². The van der Waals surface area contributed by atoms with Crippen molar-refractivity contribution in [2.75, 3.05) is 0 Å². The highest BCUT2D eigenvalue weighted by Crippen LogP contribution is 2.19. The van der Waals surface area contributed by atoms with Gasteiger partial charge in [0.1, 0.15) is 0 Å². The SMILES string of the molecule is CC(=O)C(=Ic1ccccc1)C(=O)c1ccccc1I. The predicted octanol–water partition coefficient (Wildman–Crippen LogP) is 4.08. The Bertz CT molecular complexity index is 676. The molecule has 2 nitrogen and oxygen atoms in total. The van der Waals surface area contributed by atoms with Crippen LogP contribution in [0.1, 0.15) is 17.3 Å². The van der Waals surface area contributed by atoms with E-state index >= 15 is 0 Å². The number of rotatable bonds is 4. The Labute approximate surface area is 141 Å². The van der Waals surface area contributed by atoms with Crippen molar-refractivity contribution in [3.05, 3.63) is 67.3 Å². The summed E-state index contributed by atoms with van der Waals surface area (Å²) in [7, 11) is 0. The molecule has 0 spiro atoms. The van der Waals surface area contributed by atoms with Crippen LogP contribution in [0, 0.1) is 7.14 Å². The zero-order chi connectivity index (χ0) is 14.5. The first kappa shape index (κ1) is 15.5. The van der Waals surface area contributed by atoms with Crippen LogP contribution in [0.4, 0.5) is 0 Å². The lowest BCUT2D eigenvalue weighted by Gasteiger charge is -2.05. The summed E-state index contributed by atoms with van der Waals surface area (Å²) >= 11 is 1.39. The van der Waals surface area contributed by atoms with Crippen molar-refractivity contribution >= 4 is 58.4 Å². The number of hydrogen-bond acceptors (Lipinski definition) is 2. The second-order valence-electron chi connectivity index (χ2n) is 4.07. The zero-order valence-electron chi connectivity index (χ0n) is 10.8. The largest absolute Gasteiger partial charge is 0.294 e. The van der Waals surface area contributed by atoms with Crippen molar-refractivity contribution in [2.45, 2.75) is 6.92 Å². The van der Waals surface area contributed by atoms with Crippen molar-refractivity contribution in [1.29, 1.82) is 0 Å². The smallest absolute Gasteiger partial charge is 0.203 e. The van der Waals surface area contributed by atoms with E-state index in [4.69, 9.17) is 0 Å². The van der Waals surface area contributed by atoms with Gasteiger partial charge in [-0.15, -0.1) is 0 Å². The normalized spacial score (nSPS) is 11.6. The molecule has 0 fully saturated rings. The Balaban J connectivity index is 2.45. The molecule has 0 aliphatic heterocycles. The second-order valence-corrected chi connectivity index (χ2v) is 8.10. The van der Waals surface area contributed by atoms with Crippen LogP contribution in [0.5, 0.6) is 0 Å². The first-order valence-corrected chi connectivity index (χ1v) is 9.20. The average molecular weight is 490 g/mol. The molecule has 0 heterocycles. The van der Waals surface area contributed by atoms with Crippen molar-refractivity contribution in [2.24, 2.45) is 0 Å². The molecule has 0 aromatic heterocycles. The van der Waals surface area contributed by atoms with E-state index in [1.807, 2.05) is 48.5 Å². The number of Topliss-reactive ketones (excluding diaryl/α,β-unsaturated/α-hetero) is 2. The lowest BCUT2D eigenvalue weighted by molar-refractivity contribution is -0.110. The fraction of sp³-hybridized carbons (Fsp3) is 0.0625. The molecule has 2 rings (SSSR count). The Hall–Kier alpha value is -0.890. The molecule has 4 heteroatoms. The Morgan fingerprint density at radius 3 is 2.15 bits per heavy atom. The predicted molar refractivity (Wildman–Crippen MR) is 98.3 cm³/mol. The van der Waals surface area contributed by atoms with Crippen molar-refractivity contribution in [3.63, 3.8) is 0 Å². The molecule has 2 aromatic rings. The van der Waals surface area contributed by atoms with Gasteiger partial charge in [0.2, 0.25) is 5.78 Å². The Morgan fingerprint density at radius 1 is 0.950 bits per heavy atom. The monoisotopic (exact) mass is 490 g/mol. The van der Waals surface area contributed by atoms with E-state index in [0.717, 1.165) is 7.14 Å². The summed E-state index contributed by atoms with van der Waals surface area (Å²) in [5.41, 5.74) is 0.619. The van der Waals surface area contributed by atoms with E-state index < -0.39 is 20.7 Å². The first-order chi connectivity index (χ1) is 9.59. The Morgan fingerprint density at radius 2 is 1.55 bits per heavy atom. The van der Waals surface area contributed by atoms with E-state index in [9.17, 15) is 9.59 Å². The highest BCUT2D eigenvalue weighted by Gasteiger charge is 2.19. The number of benzene rings is 2. The minimum absolute atomic E-state index is 0.119. The van der Waals surface area contributed by atoms with Crippen LogP contribution in [-0.2, 0) is 4.79 Å². The van der Waals surface area contributed by atoms with E-state index in [2.05, 4.69) is 22.6 Å². The molecule has 0 bridgehead atoms. The van der Waals surface area contributed by atoms with Crippen LogP contribution in [0.2, 0.25) is 0 Å². The molecule has 20 heavy (non-hydrogen) atoms. The number of carbonyl (C=O) groups is 2. The van der Waals surface area contributed by atoms with Crippen LogP contribution in [0.3, 0.4) is 0 Å². The molecule has 0 atom stereocenters. The molecule has 0 unspecified atom stereocenters. The maximum Gasteiger partial charge on any atom is 0.203 e. The molecule has 0 aliphatic rings. The molecule has 102 valence electrons. The maximum atomic E-state index is 12.6. The fourth-order valence-electron chi connectivity index (χ4n) is 1.62. The topological polar surface area (TPSA) is 34.1 Å². The van der Waals surface area contributed by atoms with Gasteiger partial charge < -0.3 is 0 Å². The minimum atomic E-state index is -0.744. The third-order valence-corrected chi connectivity index (χ3v) is 6.64. The average Bonchev–Trinajstić information content (AvgIpc) is 2.45. The highest BCUT2D eigenvalue weighted by molar-refractivity contribution is 14.2. The van der Waals surface area contributed by atoms with Crippen LogP contribution >= 0.6 is 43.3 Å². The van der Waals surface area contributed by atoms with Crippen molar-refractivity contribution < 1.29 is 9.59 Å². The highest BCUT2D eigenvalue weighted by atomic mass is 127. The summed E-state index contributed by atoms with van der Waals surface area (Å²) in [6, 6.07) is 17.1. The van der Waals surface area contributed by atoms with Crippen LogP contribution < -0.4 is 0 Å². The molecule has 2 aromatic carbocycles. The quantitative estimate of drug-likeness (QED) is 0.368. The molecule has 0 N–H and O–H groups in total. The van der Waals surface area contributed by atoms with Crippen LogP contribution in [0.25, 0.3) is 0 Å². The summed E-state index contributed by atoms with van der Waals surface area (Å²) in [5.74, 6) is -0.245. The molecule has 0 aliphatic carbocycles. The summed E-state index contributed by atoms with van der Waals surface area (Å²) in [5, 5.41) is 0. The molecular weight excluding hydrogens is 478 g/mol. The van der Waals surface area contributed by atoms with Gasteiger partial charge in [0.05, 0.1) is 3.51 Å². The van der Waals surface area contributed by atoms with Gasteiger partial charge in [-0.1, -0.05) is 51.1 Å². The van der Waals surface area contributed by atoms with E-state index in [0.29, 0.717) is 9.07 Å². The van der Waals surface area contributed by atoms with Crippen molar-refractivity contribution in [3.8, 4) is 0 Å². The third kappa shape index (κ3) is 3.82. The van der Waals surface area contributed by atoms with Gasteiger partial charge in [0, 0.05) is 12.7 Å². The first-order valence-electron chi connectivity index (χ1n) is 5.96. The Kier molecular flexibility index (Phi) is 5.59. The second kappa shape index (κ2) is 7.21. The summed E-state index contributed by atoms with van der Waals surface area (Å²) in [6.45, 7) is 1.48. The summed E-state index contributed by atoms with van der Waals surface area (Å²) in [4.78, 5) is 24.4. The van der Waals surface area contributed by atoms with Gasteiger partial charge in [0.25, 0.3) is 0 Å². The molecule has 0 radical (unpaired) electrons. The number of hydrogen-bond donors (Lipinski definition) is 0. The number of ketones is 2. The third-order valence-electron chi connectivity index (χ3n) is 2.56. The molecular formula is C16H12I2O2. The fourth-order valence-corrected chi connectivity index (χ4v) is 4.56. The van der Waals surface area contributed by atoms with Gasteiger partial charge in [-0.25, -0.2) is 0 Å². The van der Waals surface area contributed by atoms with Crippen molar-refractivity contribution in [1.82, 2.24) is 0 Å². The van der Waals surface area contributed by atoms with Gasteiger partial charge in [-0.05, 0) is 53.8 Å². The molecule has 0 saturated heterocycles. The van der Waals surface area contributed by atoms with Gasteiger partial charge >= 0.3 is 0 Å². The minimum Gasteiger partial charge on any atom is -0.294 e. The summed E-state index contributed by atoms with van der Waals surface area (Å²) < 4.78 is 2.40. The lowest BCUT2D eigenvalue weighted by Crippen LogP contribution is -2.21. The van der Waals surface area contributed by atoms with Crippen LogP contribution in [0.15, 0.2) is 54.6 Å². The van der Waals surface area contributed by atoms with Crippen LogP contribution in [-0.4, -0.2) is 15.1 Å².